The molecular formula is C17H25NO3. The van der Waals surface area contributed by atoms with Crippen molar-refractivity contribution in [2.24, 2.45) is 11.3 Å². The molecule has 0 unspecified atom stereocenters. The summed E-state index contributed by atoms with van der Waals surface area (Å²) in [5, 5.41) is 13.1. The lowest BCUT2D eigenvalue weighted by Crippen LogP contribution is -2.29. The van der Waals surface area contributed by atoms with Gasteiger partial charge in [-0.05, 0) is 36.5 Å². The van der Waals surface area contributed by atoms with E-state index in [0.29, 0.717) is 11.8 Å². The molecule has 2 aliphatic rings. The Labute approximate surface area is 126 Å². The smallest absolute Gasteiger partial charge is 0.161 e. The Balaban J connectivity index is 1.83. The Kier molecular flexibility index (Phi) is 4.09. The summed E-state index contributed by atoms with van der Waals surface area (Å²) in [6.45, 7) is 4.84. The summed E-state index contributed by atoms with van der Waals surface area (Å²) in [5.41, 5.74) is 1.10. The molecule has 2 atom stereocenters. The molecule has 1 aliphatic carbocycles. The molecule has 0 aromatic heterocycles. The Hall–Kier alpha value is -1.26. The van der Waals surface area contributed by atoms with E-state index in [4.69, 9.17) is 9.47 Å². The van der Waals surface area contributed by atoms with Crippen LogP contribution in [0.2, 0.25) is 0 Å². The van der Waals surface area contributed by atoms with E-state index in [1.807, 2.05) is 6.07 Å². The fourth-order valence-corrected chi connectivity index (χ4v) is 3.07. The molecule has 1 heterocycles. The minimum Gasteiger partial charge on any atom is -0.493 e. The predicted molar refractivity (Wildman–Crippen MR) is 82.0 cm³/mol. The van der Waals surface area contributed by atoms with Crippen LogP contribution in [0, 0.1) is 11.3 Å². The number of aliphatic hydroxyl groups is 1. The molecule has 2 N–H and O–H groups in total. The highest BCUT2D eigenvalue weighted by Crippen LogP contribution is 2.41. The van der Waals surface area contributed by atoms with Crippen molar-refractivity contribution >= 4 is 0 Å². The van der Waals surface area contributed by atoms with Gasteiger partial charge in [-0.3, -0.25) is 0 Å². The summed E-state index contributed by atoms with van der Waals surface area (Å²) in [4.78, 5) is 0. The number of nitrogens with one attached hydrogen (secondary N) is 1. The van der Waals surface area contributed by atoms with Gasteiger partial charge in [0, 0.05) is 24.4 Å². The number of methoxy groups -OCH3 is 1. The molecule has 0 bridgehead atoms. The van der Waals surface area contributed by atoms with Gasteiger partial charge in [0.2, 0.25) is 0 Å². The standard InChI is InChI=1S/C17H25NO3/c1-17(11-19)10-18-8-14(17)13-5-6-15(20-2)16(7-13)21-9-12-3-4-12/h5-7,12,14,18-19H,3-4,8-11H2,1-2H3/t14-,17-/m0/s1. The average molecular weight is 291 g/mol. The van der Waals surface area contributed by atoms with Gasteiger partial charge in [-0.15, -0.1) is 0 Å². The highest BCUT2D eigenvalue weighted by Gasteiger charge is 2.39. The van der Waals surface area contributed by atoms with Crippen molar-refractivity contribution in [3.63, 3.8) is 0 Å². The van der Waals surface area contributed by atoms with Crippen LogP contribution in [0.3, 0.4) is 0 Å². The number of aliphatic hydroxyl groups excluding tert-OH is 1. The summed E-state index contributed by atoms with van der Waals surface area (Å²) in [6.07, 6.45) is 2.55. The molecule has 0 radical (unpaired) electrons. The highest BCUT2D eigenvalue weighted by molar-refractivity contribution is 5.45. The number of rotatable bonds is 6. The van der Waals surface area contributed by atoms with E-state index < -0.39 is 0 Å². The van der Waals surface area contributed by atoms with Gasteiger partial charge in [0.25, 0.3) is 0 Å². The number of hydrogen-bond acceptors (Lipinski definition) is 4. The monoisotopic (exact) mass is 291 g/mol. The molecule has 0 spiro atoms. The van der Waals surface area contributed by atoms with Crippen LogP contribution in [0.15, 0.2) is 18.2 Å². The van der Waals surface area contributed by atoms with Crippen molar-refractivity contribution in [2.75, 3.05) is 33.4 Å². The molecule has 3 rings (SSSR count). The van der Waals surface area contributed by atoms with E-state index in [2.05, 4.69) is 24.4 Å². The lowest BCUT2D eigenvalue weighted by Gasteiger charge is -2.29. The van der Waals surface area contributed by atoms with Crippen molar-refractivity contribution in [1.82, 2.24) is 5.32 Å². The third-order valence-corrected chi connectivity index (χ3v) is 4.84. The van der Waals surface area contributed by atoms with Gasteiger partial charge in [-0.1, -0.05) is 13.0 Å². The summed E-state index contributed by atoms with van der Waals surface area (Å²) in [6, 6.07) is 6.16. The quantitative estimate of drug-likeness (QED) is 0.843. The van der Waals surface area contributed by atoms with Crippen LogP contribution in [0.1, 0.15) is 31.2 Å². The Morgan fingerprint density at radius 1 is 1.33 bits per heavy atom. The maximum atomic E-state index is 9.72. The van der Waals surface area contributed by atoms with E-state index in [1.54, 1.807) is 7.11 Å². The minimum atomic E-state index is -0.109. The van der Waals surface area contributed by atoms with E-state index in [-0.39, 0.29) is 12.0 Å². The first-order chi connectivity index (χ1) is 10.2. The Bertz CT molecular complexity index is 501. The second-order valence-corrected chi connectivity index (χ2v) is 6.66. The van der Waals surface area contributed by atoms with Gasteiger partial charge in [-0.2, -0.15) is 0 Å². The molecule has 1 aromatic rings. The number of benzene rings is 1. The normalized spacial score (nSPS) is 28.6. The van der Waals surface area contributed by atoms with Crippen LogP contribution in [0.25, 0.3) is 0 Å². The van der Waals surface area contributed by atoms with Gasteiger partial charge in [0.1, 0.15) is 0 Å². The van der Waals surface area contributed by atoms with E-state index in [9.17, 15) is 5.11 Å². The van der Waals surface area contributed by atoms with Gasteiger partial charge in [0.05, 0.1) is 20.3 Å². The first-order valence-electron chi connectivity index (χ1n) is 7.78. The van der Waals surface area contributed by atoms with E-state index >= 15 is 0 Å². The molecule has 1 saturated carbocycles. The molecule has 4 nitrogen and oxygen atoms in total. The summed E-state index contributed by atoms with van der Waals surface area (Å²) < 4.78 is 11.4. The first kappa shape index (κ1) is 14.7. The topological polar surface area (TPSA) is 50.7 Å². The zero-order valence-electron chi connectivity index (χ0n) is 12.9. The van der Waals surface area contributed by atoms with Crippen LogP contribution in [0.5, 0.6) is 11.5 Å². The molecule has 21 heavy (non-hydrogen) atoms. The van der Waals surface area contributed by atoms with Crippen molar-refractivity contribution in [1.29, 1.82) is 0 Å². The second-order valence-electron chi connectivity index (χ2n) is 6.66. The van der Waals surface area contributed by atoms with Gasteiger partial charge < -0.3 is 19.9 Å². The van der Waals surface area contributed by atoms with Crippen molar-refractivity contribution < 1.29 is 14.6 Å². The molecule has 4 heteroatoms. The maximum absolute atomic E-state index is 9.72. The number of ether oxygens (including phenoxy) is 2. The maximum Gasteiger partial charge on any atom is 0.161 e. The SMILES string of the molecule is COc1ccc([C@@H]2CNC[C@@]2(C)CO)cc1OCC1CC1. The number of hydrogen-bond donors (Lipinski definition) is 2. The van der Waals surface area contributed by atoms with Crippen molar-refractivity contribution in [2.45, 2.75) is 25.7 Å². The van der Waals surface area contributed by atoms with E-state index in [0.717, 1.165) is 31.2 Å². The molecule has 1 aromatic carbocycles. The van der Waals surface area contributed by atoms with Gasteiger partial charge in [-0.25, -0.2) is 0 Å². The van der Waals surface area contributed by atoms with Crippen molar-refractivity contribution in [3.8, 4) is 11.5 Å². The van der Waals surface area contributed by atoms with Crippen LogP contribution >= 0.6 is 0 Å². The van der Waals surface area contributed by atoms with Crippen LogP contribution in [0.4, 0.5) is 0 Å². The summed E-state index contributed by atoms with van der Waals surface area (Å²) in [5.74, 6) is 2.64. The fourth-order valence-electron chi connectivity index (χ4n) is 3.07. The lowest BCUT2D eigenvalue weighted by molar-refractivity contribution is 0.144. The highest BCUT2D eigenvalue weighted by atomic mass is 16.5. The zero-order valence-corrected chi connectivity index (χ0v) is 12.9. The fraction of sp³-hybridized carbons (Fsp3) is 0.647. The van der Waals surface area contributed by atoms with Crippen molar-refractivity contribution in [3.05, 3.63) is 23.8 Å². The predicted octanol–water partition coefficient (Wildman–Crippen LogP) is 2.17. The molecule has 1 aliphatic heterocycles. The molecule has 0 amide bonds. The molecule has 1 saturated heterocycles. The third-order valence-electron chi connectivity index (χ3n) is 4.84. The largest absolute Gasteiger partial charge is 0.493 e. The van der Waals surface area contributed by atoms with Gasteiger partial charge >= 0.3 is 0 Å². The van der Waals surface area contributed by atoms with E-state index in [1.165, 1.54) is 18.4 Å². The summed E-state index contributed by atoms with van der Waals surface area (Å²) in [7, 11) is 1.67. The lowest BCUT2D eigenvalue weighted by atomic mass is 9.77. The molecule has 2 fully saturated rings. The minimum absolute atomic E-state index is 0.109. The molecular weight excluding hydrogens is 266 g/mol. The summed E-state index contributed by atoms with van der Waals surface area (Å²) >= 11 is 0. The Morgan fingerprint density at radius 2 is 2.14 bits per heavy atom. The Morgan fingerprint density at radius 3 is 2.81 bits per heavy atom. The van der Waals surface area contributed by atoms with Crippen LogP contribution < -0.4 is 14.8 Å². The third kappa shape index (κ3) is 3.01. The molecule has 116 valence electrons. The van der Waals surface area contributed by atoms with Gasteiger partial charge in [0.15, 0.2) is 11.5 Å². The zero-order chi connectivity index (χ0) is 14.9. The van der Waals surface area contributed by atoms with Crippen LogP contribution in [-0.4, -0.2) is 38.5 Å². The van der Waals surface area contributed by atoms with Crippen LogP contribution in [-0.2, 0) is 0 Å². The first-order valence-corrected chi connectivity index (χ1v) is 7.78. The second kappa shape index (κ2) is 5.85. The average Bonchev–Trinajstić information content (AvgIpc) is 3.26.